The second-order valence-corrected chi connectivity index (χ2v) is 2.94. The monoisotopic (exact) mass is 224 g/mol. The Hall–Kier alpha value is -1.84. The molecule has 0 saturated carbocycles. The summed E-state index contributed by atoms with van der Waals surface area (Å²) < 4.78 is 23.1. The molecule has 16 heavy (non-hydrogen) atoms. The summed E-state index contributed by atoms with van der Waals surface area (Å²) in [6.45, 7) is 1.99. The molecule has 0 bridgehead atoms. The number of methoxy groups -OCH3 is 1. The van der Waals surface area contributed by atoms with Gasteiger partial charge in [0.25, 0.3) is 0 Å². The first-order chi connectivity index (χ1) is 7.69. The van der Waals surface area contributed by atoms with Crippen LogP contribution in [0.4, 0.5) is 4.39 Å². The molecule has 0 heterocycles. The lowest BCUT2D eigenvalue weighted by Gasteiger charge is -2.04. The van der Waals surface area contributed by atoms with Crippen LogP contribution in [0.1, 0.15) is 12.5 Å². The summed E-state index contributed by atoms with van der Waals surface area (Å²) in [6, 6.07) is 4.46. The molecular formula is C12H13FO3. The number of esters is 1. The molecule has 1 aromatic carbocycles. The Labute approximate surface area is 93.5 Å². The lowest BCUT2D eigenvalue weighted by molar-refractivity contribution is -0.137. The second kappa shape index (κ2) is 5.90. The maximum absolute atomic E-state index is 13.4. The van der Waals surface area contributed by atoms with Crippen LogP contribution in [0.3, 0.4) is 0 Å². The minimum atomic E-state index is -0.507. The zero-order chi connectivity index (χ0) is 12.0. The number of hydrogen-bond donors (Lipinski definition) is 0. The van der Waals surface area contributed by atoms with E-state index in [1.165, 1.54) is 31.4 Å². The molecule has 0 fully saturated rings. The van der Waals surface area contributed by atoms with Crippen molar-refractivity contribution in [3.05, 3.63) is 35.7 Å². The van der Waals surface area contributed by atoms with Crippen molar-refractivity contribution in [2.75, 3.05) is 13.7 Å². The SMILES string of the molecule is CCOC(=O)C=Cc1c(F)cccc1OC. The molecule has 86 valence electrons. The minimum absolute atomic E-state index is 0.234. The maximum Gasteiger partial charge on any atom is 0.330 e. The predicted molar refractivity (Wildman–Crippen MR) is 58.6 cm³/mol. The molecule has 0 radical (unpaired) electrons. The molecule has 3 nitrogen and oxygen atoms in total. The van der Waals surface area contributed by atoms with Gasteiger partial charge in [-0.25, -0.2) is 9.18 Å². The highest BCUT2D eigenvalue weighted by atomic mass is 19.1. The number of halogens is 1. The number of ether oxygens (including phenoxy) is 2. The fourth-order valence-corrected chi connectivity index (χ4v) is 1.20. The van der Waals surface area contributed by atoms with Gasteiger partial charge in [0.1, 0.15) is 11.6 Å². The molecule has 0 unspecified atom stereocenters. The quantitative estimate of drug-likeness (QED) is 0.582. The highest BCUT2D eigenvalue weighted by Gasteiger charge is 2.06. The number of hydrogen-bond acceptors (Lipinski definition) is 3. The largest absolute Gasteiger partial charge is 0.496 e. The van der Waals surface area contributed by atoms with Crippen molar-refractivity contribution in [3.8, 4) is 5.75 Å². The normalized spacial score (nSPS) is 10.4. The topological polar surface area (TPSA) is 35.5 Å². The van der Waals surface area contributed by atoms with E-state index in [2.05, 4.69) is 4.74 Å². The second-order valence-electron chi connectivity index (χ2n) is 2.94. The van der Waals surface area contributed by atoms with Crippen molar-refractivity contribution < 1.29 is 18.7 Å². The van der Waals surface area contributed by atoms with E-state index >= 15 is 0 Å². The first-order valence-electron chi connectivity index (χ1n) is 4.86. The lowest BCUT2D eigenvalue weighted by Crippen LogP contribution is -1.99. The lowest BCUT2D eigenvalue weighted by atomic mass is 10.1. The zero-order valence-electron chi connectivity index (χ0n) is 9.20. The van der Waals surface area contributed by atoms with Gasteiger partial charge in [-0.05, 0) is 25.1 Å². The Balaban J connectivity index is 2.91. The van der Waals surface area contributed by atoms with E-state index in [0.29, 0.717) is 5.75 Å². The molecule has 0 aromatic heterocycles. The highest BCUT2D eigenvalue weighted by molar-refractivity contribution is 5.87. The van der Waals surface area contributed by atoms with Crippen LogP contribution in [-0.4, -0.2) is 19.7 Å². The summed E-state index contributed by atoms with van der Waals surface area (Å²) in [5.74, 6) is -0.576. The molecule has 4 heteroatoms. The molecule has 1 aromatic rings. The number of carbonyl (C=O) groups is 1. The molecule has 0 saturated heterocycles. The zero-order valence-corrected chi connectivity index (χ0v) is 9.20. The van der Waals surface area contributed by atoms with E-state index in [0.717, 1.165) is 0 Å². The first-order valence-corrected chi connectivity index (χ1v) is 4.86. The summed E-state index contributed by atoms with van der Waals surface area (Å²) in [7, 11) is 1.44. The maximum atomic E-state index is 13.4. The minimum Gasteiger partial charge on any atom is -0.496 e. The van der Waals surface area contributed by atoms with Gasteiger partial charge in [0, 0.05) is 6.08 Å². The molecular weight excluding hydrogens is 211 g/mol. The van der Waals surface area contributed by atoms with Crippen LogP contribution in [0, 0.1) is 5.82 Å². The van der Waals surface area contributed by atoms with Crippen molar-refractivity contribution in [2.45, 2.75) is 6.92 Å². The standard InChI is InChI=1S/C12H13FO3/c1-3-16-12(14)8-7-9-10(13)5-4-6-11(9)15-2/h4-8H,3H2,1-2H3. The fraction of sp³-hybridized carbons (Fsp3) is 0.250. The van der Waals surface area contributed by atoms with Crippen LogP contribution < -0.4 is 4.74 Å². The fourth-order valence-electron chi connectivity index (χ4n) is 1.20. The smallest absolute Gasteiger partial charge is 0.330 e. The molecule has 0 aliphatic carbocycles. The summed E-state index contributed by atoms with van der Waals surface area (Å²) >= 11 is 0. The van der Waals surface area contributed by atoms with Gasteiger partial charge in [-0.15, -0.1) is 0 Å². The van der Waals surface area contributed by atoms with Gasteiger partial charge in [0.05, 0.1) is 19.3 Å². The van der Waals surface area contributed by atoms with Crippen LogP contribution in [0.5, 0.6) is 5.75 Å². The average molecular weight is 224 g/mol. The van der Waals surface area contributed by atoms with E-state index in [4.69, 9.17) is 4.74 Å². The van der Waals surface area contributed by atoms with Crippen molar-refractivity contribution in [1.82, 2.24) is 0 Å². The van der Waals surface area contributed by atoms with E-state index < -0.39 is 11.8 Å². The van der Waals surface area contributed by atoms with Gasteiger partial charge < -0.3 is 9.47 Å². The van der Waals surface area contributed by atoms with Gasteiger partial charge in [0.15, 0.2) is 0 Å². The van der Waals surface area contributed by atoms with E-state index in [1.807, 2.05) is 0 Å². The van der Waals surface area contributed by atoms with Gasteiger partial charge in [-0.3, -0.25) is 0 Å². The van der Waals surface area contributed by atoms with Gasteiger partial charge in [-0.2, -0.15) is 0 Å². The van der Waals surface area contributed by atoms with Gasteiger partial charge in [-0.1, -0.05) is 6.07 Å². The van der Waals surface area contributed by atoms with Crippen molar-refractivity contribution in [2.24, 2.45) is 0 Å². The molecule has 0 aliphatic heterocycles. The Morgan fingerprint density at radius 2 is 2.25 bits per heavy atom. The van der Waals surface area contributed by atoms with Crippen molar-refractivity contribution in [3.63, 3.8) is 0 Å². The molecule has 0 N–H and O–H groups in total. The van der Waals surface area contributed by atoms with Crippen LogP contribution in [0.15, 0.2) is 24.3 Å². The summed E-state index contributed by atoms with van der Waals surface area (Å²) in [4.78, 5) is 11.1. The third-order valence-corrected chi connectivity index (χ3v) is 1.91. The highest BCUT2D eigenvalue weighted by Crippen LogP contribution is 2.22. The predicted octanol–water partition coefficient (Wildman–Crippen LogP) is 2.41. The molecule has 0 aliphatic rings. The van der Waals surface area contributed by atoms with Gasteiger partial charge in [0.2, 0.25) is 0 Å². The Kier molecular flexibility index (Phi) is 4.51. The summed E-state index contributed by atoms with van der Waals surface area (Å²) in [5, 5.41) is 0. The van der Waals surface area contributed by atoms with Crippen molar-refractivity contribution in [1.29, 1.82) is 0 Å². The third kappa shape index (κ3) is 3.08. The van der Waals surface area contributed by atoms with E-state index in [9.17, 15) is 9.18 Å². The van der Waals surface area contributed by atoms with E-state index in [1.54, 1.807) is 13.0 Å². The summed E-state index contributed by atoms with van der Waals surface area (Å²) in [6.07, 6.45) is 2.51. The van der Waals surface area contributed by atoms with Crippen LogP contribution >= 0.6 is 0 Å². The molecule has 0 atom stereocenters. The Morgan fingerprint density at radius 1 is 1.50 bits per heavy atom. The van der Waals surface area contributed by atoms with Crippen molar-refractivity contribution >= 4 is 12.0 Å². The Bertz CT molecular complexity index is 399. The molecule has 0 spiro atoms. The van der Waals surface area contributed by atoms with E-state index in [-0.39, 0.29) is 12.2 Å². The average Bonchev–Trinajstić information content (AvgIpc) is 2.27. The van der Waals surface area contributed by atoms with Gasteiger partial charge >= 0.3 is 5.97 Å². The number of carbonyl (C=O) groups excluding carboxylic acids is 1. The number of rotatable bonds is 4. The molecule has 1 rings (SSSR count). The Morgan fingerprint density at radius 3 is 2.88 bits per heavy atom. The van der Waals surface area contributed by atoms with Crippen LogP contribution in [0.25, 0.3) is 6.08 Å². The summed E-state index contributed by atoms with van der Waals surface area (Å²) in [5.41, 5.74) is 0.234. The third-order valence-electron chi connectivity index (χ3n) is 1.91. The van der Waals surface area contributed by atoms with Crippen LogP contribution in [-0.2, 0) is 9.53 Å². The first kappa shape index (κ1) is 12.2. The number of benzene rings is 1. The van der Waals surface area contributed by atoms with Crippen LogP contribution in [0.2, 0.25) is 0 Å². The molecule has 0 amide bonds.